The van der Waals surface area contributed by atoms with E-state index in [1.54, 1.807) is 13.3 Å². The fourth-order valence-electron chi connectivity index (χ4n) is 0.667. The van der Waals surface area contributed by atoms with Crippen LogP contribution in [0.5, 0.6) is 0 Å². The van der Waals surface area contributed by atoms with Crippen molar-refractivity contribution in [3.63, 3.8) is 0 Å². The van der Waals surface area contributed by atoms with Crippen molar-refractivity contribution in [1.82, 2.24) is 0 Å². The molecular formula is C8H12NO. The predicted octanol–water partition coefficient (Wildman–Crippen LogP) is 1.79. The summed E-state index contributed by atoms with van der Waals surface area (Å²) in [6.07, 6.45) is 10.4. The molecule has 2 heteroatoms. The lowest BCUT2D eigenvalue weighted by atomic mass is 10.3. The molecule has 1 atom stereocenters. The Hall–Kier alpha value is -0.790. The van der Waals surface area contributed by atoms with Crippen LogP contribution in [0, 0.1) is 12.3 Å². The van der Waals surface area contributed by atoms with Crippen LogP contribution < -0.4 is 0 Å². The van der Waals surface area contributed by atoms with Gasteiger partial charge in [0, 0.05) is 12.6 Å². The predicted molar refractivity (Wildman–Crippen MR) is 41.7 cm³/mol. The number of nitrogens with zero attached hydrogens (tertiary/aromatic N) is 1. The second kappa shape index (κ2) is 4.09. The monoisotopic (exact) mass is 138 g/mol. The molecule has 2 nitrogen and oxygen atoms in total. The van der Waals surface area contributed by atoms with E-state index >= 15 is 0 Å². The molecule has 0 heterocycles. The third-order valence-electron chi connectivity index (χ3n) is 1.31. The maximum absolute atomic E-state index is 4.49. The molecule has 1 unspecified atom stereocenters. The van der Waals surface area contributed by atoms with Gasteiger partial charge in [0.25, 0.3) is 0 Å². The molecule has 1 aliphatic rings. The molecule has 1 saturated carbocycles. The second-order valence-corrected chi connectivity index (χ2v) is 2.27. The third-order valence-corrected chi connectivity index (χ3v) is 1.31. The molecule has 0 saturated heterocycles. The summed E-state index contributed by atoms with van der Waals surface area (Å²) in [5.74, 6) is 0.746. The summed E-state index contributed by atoms with van der Waals surface area (Å²) in [5, 5.41) is 3.60. The molecule has 1 rings (SSSR count). The highest BCUT2D eigenvalue weighted by Crippen LogP contribution is 2.28. The van der Waals surface area contributed by atoms with Crippen molar-refractivity contribution >= 4 is 6.21 Å². The number of rotatable bonds is 4. The molecule has 0 spiro atoms. The molecular weight excluding hydrogens is 126 g/mol. The minimum Gasteiger partial charge on any atom is -0.399 e. The molecule has 55 valence electrons. The first-order chi connectivity index (χ1) is 4.93. The Bertz CT molecular complexity index is 136. The minimum absolute atomic E-state index is 0.746. The average Bonchev–Trinajstić information content (AvgIpc) is 2.71. The molecule has 0 aromatic heterocycles. The van der Waals surface area contributed by atoms with E-state index in [0.29, 0.717) is 0 Å². The SMILES string of the molecule is CON=CCC=CC1[CH]C1. The van der Waals surface area contributed by atoms with Gasteiger partial charge in [0.2, 0.25) is 0 Å². The van der Waals surface area contributed by atoms with E-state index in [1.165, 1.54) is 6.42 Å². The first kappa shape index (κ1) is 7.32. The van der Waals surface area contributed by atoms with Crippen LogP contribution in [0.1, 0.15) is 12.8 Å². The average molecular weight is 138 g/mol. The van der Waals surface area contributed by atoms with E-state index in [4.69, 9.17) is 0 Å². The largest absolute Gasteiger partial charge is 0.399 e. The quantitative estimate of drug-likeness (QED) is 0.329. The van der Waals surface area contributed by atoms with Gasteiger partial charge in [-0.25, -0.2) is 0 Å². The van der Waals surface area contributed by atoms with Gasteiger partial charge in [-0.05, 0) is 18.8 Å². The number of allylic oxidation sites excluding steroid dienone is 2. The molecule has 0 amide bonds. The first-order valence-electron chi connectivity index (χ1n) is 3.48. The highest BCUT2D eigenvalue weighted by molar-refractivity contribution is 5.58. The van der Waals surface area contributed by atoms with Crippen molar-refractivity contribution in [2.75, 3.05) is 7.11 Å². The lowest BCUT2D eigenvalue weighted by Crippen LogP contribution is -1.72. The van der Waals surface area contributed by atoms with Crippen LogP contribution in [0.2, 0.25) is 0 Å². The van der Waals surface area contributed by atoms with Gasteiger partial charge in [0.1, 0.15) is 7.11 Å². The van der Waals surface area contributed by atoms with Gasteiger partial charge in [-0.15, -0.1) is 0 Å². The molecule has 1 radical (unpaired) electrons. The Labute approximate surface area is 61.6 Å². The smallest absolute Gasteiger partial charge is 0.106 e. The van der Waals surface area contributed by atoms with Gasteiger partial charge >= 0.3 is 0 Å². The Kier molecular flexibility index (Phi) is 3.00. The van der Waals surface area contributed by atoms with E-state index in [-0.39, 0.29) is 0 Å². The highest BCUT2D eigenvalue weighted by Gasteiger charge is 2.16. The van der Waals surface area contributed by atoms with Crippen LogP contribution in [0.15, 0.2) is 17.3 Å². The van der Waals surface area contributed by atoms with Gasteiger partial charge in [0.15, 0.2) is 0 Å². The Morgan fingerprint density at radius 1 is 1.80 bits per heavy atom. The van der Waals surface area contributed by atoms with Crippen LogP contribution in [0.3, 0.4) is 0 Å². The van der Waals surface area contributed by atoms with Crippen molar-refractivity contribution < 1.29 is 4.84 Å². The minimum atomic E-state index is 0.746. The van der Waals surface area contributed by atoms with Crippen LogP contribution in [0.25, 0.3) is 0 Å². The summed E-state index contributed by atoms with van der Waals surface area (Å²) in [7, 11) is 1.55. The Morgan fingerprint density at radius 3 is 3.20 bits per heavy atom. The van der Waals surface area contributed by atoms with Gasteiger partial charge in [-0.1, -0.05) is 17.3 Å². The van der Waals surface area contributed by atoms with Crippen LogP contribution in [0.4, 0.5) is 0 Å². The lowest BCUT2D eigenvalue weighted by molar-refractivity contribution is 0.215. The van der Waals surface area contributed by atoms with Gasteiger partial charge in [-0.3, -0.25) is 0 Å². The first-order valence-corrected chi connectivity index (χ1v) is 3.48. The van der Waals surface area contributed by atoms with Crippen molar-refractivity contribution in [1.29, 1.82) is 0 Å². The molecule has 0 aliphatic heterocycles. The summed E-state index contributed by atoms with van der Waals surface area (Å²) in [6, 6.07) is 0. The number of hydrogen-bond acceptors (Lipinski definition) is 2. The molecule has 1 aliphatic carbocycles. The summed E-state index contributed by atoms with van der Waals surface area (Å²) >= 11 is 0. The van der Waals surface area contributed by atoms with Crippen LogP contribution in [-0.2, 0) is 4.84 Å². The van der Waals surface area contributed by atoms with E-state index in [9.17, 15) is 0 Å². The second-order valence-electron chi connectivity index (χ2n) is 2.27. The summed E-state index contributed by atoms with van der Waals surface area (Å²) < 4.78 is 0. The summed E-state index contributed by atoms with van der Waals surface area (Å²) in [5.41, 5.74) is 0. The Morgan fingerprint density at radius 2 is 2.60 bits per heavy atom. The lowest BCUT2D eigenvalue weighted by Gasteiger charge is -1.82. The van der Waals surface area contributed by atoms with Crippen molar-refractivity contribution in [2.45, 2.75) is 12.8 Å². The van der Waals surface area contributed by atoms with Crippen LogP contribution >= 0.6 is 0 Å². The standard InChI is InChI=1S/C8H12NO/c1-10-9-7-3-2-4-8-5-6-8/h2,4-5,7-8H,3,6H2,1H3. The normalized spacial score (nSPS) is 18.9. The van der Waals surface area contributed by atoms with Crippen LogP contribution in [-0.4, -0.2) is 13.3 Å². The van der Waals surface area contributed by atoms with Crippen molar-refractivity contribution in [3.8, 4) is 0 Å². The zero-order valence-electron chi connectivity index (χ0n) is 6.16. The van der Waals surface area contributed by atoms with E-state index in [1.807, 2.05) is 0 Å². The fourth-order valence-corrected chi connectivity index (χ4v) is 0.667. The topological polar surface area (TPSA) is 21.6 Å². The molecule has 1 fully saturated rings. The van der Waals surface area contributed by atoms with Gasteiger partial charge < -0.3 is 4.84 Å². The number of oxime groups is 1. The molecule has 10 heavy (non-hydrogen) atoms. The van der Waals surface area contributed by atoms with Crippen molar-refractivity contribution in [3.05, 3.63) is 18.6 Å². The maximum Gasteiger partial charge on any atom is 0.106 e. The molecule has 0 aromatic carbocycles. The molecule has 0 N–H and O–H groups in total. The highest BCUT2D eigenvalue weighted by atomic mass is 16.6. The van der Waals surface area contributed by atoms with E-state index in [0.717, 1.165) is 12.3 Å². The summed E-state index contributed by atoms with van der Waals surface area (Å²) in [6.45, 7) is 0. The zero-order chi connectivity index (χ0) is 7.23. The van der Waals surface area contributed by atoms with Gasteiger partial charge in [0.05, 0.1) is 0 Å². The zero-order valence-corrected chi connectivity index (χ0v) is 6.16. The maximum atomic E-state index is 4.49. The fraction of sp³-hybridized carbons (Fsp3) is 0.500. The molecule has 0 bridgehead atoms. The van der Waals surface area contributed by atoms with E-state index in [2.05, 4.69) is 28.6 Å². The summed E-state index contributed by atoms with van der Waals surface area (Å²) in [4.78, 5) is 4.49. The number of hydrogen-bond donors (Lipinski definition) is 0. The Balaban J connectivity index is 1.97. The van der Waals surface area contributed by atoms with Crippen molar-refractivity contribution in [2.24, 2.45) is 11.1 Å². The van der Waals surface area contributed by atoms with Gasteiger partial charge in [-0.2, -0.15) is 0 Å². The molecule has 0 aromatic rings. The third kappa shape index (κ3) is 3.28. The van der Waals surface area contributed by atoms with E-state index < -0.39 is 0 Å².